The van der Waals surface area contributed by atoms with Crippen LogP contribution in [0.5, 0.6) is 11.5 Å². The van der Waals surface area contributed by atoms with E-state index in [2.05, 4.69) is 0 Å². The van der Waals surface area contributed by atoms with Crippen molar-refractivity contribution in [2.45, 2.75) is 13.0 Å². The number of carbonyl (C=O) groups is 2. The van der Waals surface area contributed by atoms with E-state index in [-0.39, 0.29) is 39.7 Å². The summed E-state index contributed by atoms with van der Waals surface area (Å²) in [7, 11) is 2.86. The molecule has 32 heavy (non-hydrogen) atoms. The second kappa shape index (κ2) is 8.59. The molecule has 3 aromatic rings. The van der Waals surface area contributed by atoms with E-state index in [1.54, 1.807) is 24.3 Å². The molecule has 1 amide bonds. The lowest BCUT2D eigenvalue weighted by molar-refractivity contribution is -0.118. The van der Waals surface area contributed by atoms with Crippen LogP contribution in [0.15, 0.2) is 48.5 Å². The first kappa shape index (κ1) is 21.8. The van der Waals surface area contributed by atoms with Crippen LogP contribution in [-0.4, -0.2) is 25.9 Å². The summed E-state index contributed by atoms with van der Waals surface area (Å²) in [5.74, 6) is -2.14. The van der Waals surface area contributed by atoms with Crippen molar-refractivity contribution in [3.8, 4) is 22.6 Å². The van der Waals surface area contributed by atoms with Crippen molar-refractivity contribution in [1.29, 1.82) is 0 Å². The average molecular weight is 458 g/mol. The van der Waals surface area contributed by atoms with Gasteiger partial charge in [0.05, 0.1) is 43.5 Å². The molecular weight excluding hydrogens is 440 g/mol. The summed E-state index contributed by atoms with van der Waals surface area (Å²) in [6.07, 6.45) is -0.415. The summed E-state index contributed by atoms with van der Waals surface area (Å²) in [4.78, 5) is 26.5. The van der Waals surface area contributed by atoms with Crippen LogP contribution in [0.25, 0.3) is 11.1 Å². The number of halogens is 3. The number of nitrogens with zero attached hydrogens (tertiary/aromatic N) is 1. The number of hydrogen-bond donors (Lipinski definition) is 0. The Morgan fingerprint density at radius 3 is 2.38 bits per heavy atom. The number of ketones is 1. The lowest BCUT2D eigenvalue weighted by atomic mass is 9.93. The number of Topliss-reactive ketones (excluding diaryl/α,β-unsaturated/α-hetero) is 1. The molecular formula is C24H18ClF2NO4. The molecule has 0 saturated heterocycles. The Kier molecular flexibility index (Phi) is 5.84. The molecule has 5 nitrogen and oxygen atoms in total. The predicted molar refractivity (Wildman–Crippen MR) is 116 cm³/mol. The molecule has 1 heterocycles. The molecule has 0 fully saturated rings. The minimum absolute atomic E-state index is 0.00943. The molecule has 0 saturated carbocycles. The number of ether oxygens (including phenoxy) is 2. The second-order valence-electron chi connectivity index (χ2n) is 7.19. The van der Waals surface area contributed by atoms with Crippen LogP contribution < -0.4 is 14.4 Å². The highest BCUT2D eigenvalue weighted by Crippen LogP contribution is 2.45. The van der Waals surface area contributed by atoms with Gasteiger partial charge in [-0.05, 0) is 35.9 Å². The van der Waals surface area contributed by atoms with Crippen LogP contribution in [0.2, 0.25) is 5.02 Å². The first-order valence-electron chi connectivity index (χ1n) is 9.67. The van der Waals surface area contributed by atoms with Gasteiger partial charge in [0.2, 0.25) is 5.91 Å². The van der Waals surface area contributed by atoms with Crippen LogP contribution in [-0.2, 0) is 11.3 Å². The molecule has 0 radical (unpaired) electrons. The fraction of sp³-hybridized carbons (Fsp3) is 0.167. The van der Waals surface area contributed by atoms with E-state index in [4.69, 9.17) is 21.1 Å². The molecule has 8 heteroatoms. The Hall–Kier alpha value is -3.45. The summed E-state index contributed by atoms with van der Waals surface area (Å²) in [6.45, 7) is 0.00943. The Balaban J connectivity index is 1.90. The van der Waals surface area contributed by atoms with E-state index in [1.807, 2.05) is 0 Å². The van der Waals surface area contributed by atoms with E-state index in [0.29, 0.717) is 11.3 Å². The Morgan fingerprint density at radius 2 is 1.72 bits per heavy atom. The van der Waals surface area contributed by atoms with Gasteiger partial charge in [0.1, 0.15) is 17.3 Å². The number of rotatable bonds is 5. The molecule has 0 bridgehead atoms. The minimum atomic E-state index is -0.967. The van der Waals surface area contributed by atoms with Crippen molar-refractivity contribution in [2.24, 2.45) is 0 Å². The zero-order chi connectivity index (χ0) is 23.0. The molecule has 0 aliphatic carbocycles. The summed E-state index contributed by atoms with van der Waals surface area (Å²) >= 11 is 6.31. The highest BCUT2D eigenvalue weighted by atomic mass is 35.5. The number of fused-ring (bicyclic) bond motifs is 1. The van der Waals surface area contributed by atoms with Gasteiger partial charge >= 0.3 is 0 Å². The topological polar surface area (TPSA) is 55.8 Å². The zero-order valence-electron chi connectivity index (χ0n) is 17.2. The number of anilines is 1. The summed E-state index contributed by atoms with van der Waals surface area (Å²) in [5.41, 5.74) is -0.0250. The Labute approximate surface area is 188 Å². The molecule has 4 rings (SSSR count). The molecule has 0 spiro atoms. The molecule has 0 N–H and O–H groups in total. The SMILES string of the molecule is COc1ccc(CN2C(=O)CC(=O)c3cc(Cl)c(-c4c(F)cccc4OC)c(F)c32)cc1. The van der Waals surface area contributed by atoms with Crippen LogP contribution in [0, 0.1) is 11.6 Å². The van der Waals surface area contributed by atoms with Gasteiger partial charge < -0.3 is 14.4 Å². The van der Waals surface area contributed by atoms with Crippen molar-refractivity contribution >= 4 is 29.0 Å². The molecule has 1 aliphatic rings. The minimum Gasteiger partial charge on any atom is -0.497 e. The molecule has 0 unspecified atom stereocenters. The van der Waals surface area contributed by atoms with Crippen molar-refractivity contribution in [3.63, 3.8) is 0 Å². The number of benzene rings is 3. The first-order valence-corrected chi connectivity index (χ1v) is 10.0. The van der Waals surface area contributed by atoms with E-state index in [1.165, 1.54) is 37.3 Å². The Morgan fingerprint density at radius 1 is 1.00 bits per heavy atom. The maximum absolute atomic E-state index is 15.9. The smallest absolute Gasteiger partial charge is 0.235 e. The fourth-order valence-electron chi connectivity index (χ4n) is 3.76. The van der Waals surface area contributed by atoms with E-state index >= 15 is 4.39 Å². The largest absolute Gasteiger partial charge is 0.497 e. The summed E-state index contributed by atoms with van der Waals surface area (Å²) in [5, 5.41) is -0.156. The van der Waals surface area contributed by atoms with Gasteiger partial charge in [-0.2, -0.15) is 0 Å². The normalized spacial score (nSPS) is 13.2. The van der Waals surface area contributed by atoms with Crippen molar-refractivity contribution in [1.82, 2.24) is 0 Å². The van der Waals surface area contributed by atoms with Crippen LogP contribution in [0.4, 0.5) is 14.5 Å². The van der Waals surface area contributed by atoms with Crippen molar-refractivity contribution in [3.05, 3.63) is 76.3 Å². The number of methoxy groups -OCH3 is 2. The lowest BCUT2D eigenvalue weighted by Gasteiger charge is -2.30. The molecule has 1 aliphatic heterocycles. The third kappa shape index (κ3) is 3.69. The van der Waals surface area contributed by atoms with Crippen LogP contribution in [0.3, 0.4) is 0 Å². The van der Waals surface area contributed by atoms with Crippen molar-refractivity contribution in [2.75, 3.05) is 19.1 Å². The van der Waals surface area contributed by atoms with Crippen LogP contribution in [0.1, 0.15) is 22.3 Å². The predicted octanol–water partition coefficient (Wildman–Crippen LogP) is 5.42. The molecule has 3 aromatic carbocycles. The Bertz CT molecular complexity index is 1230. The van der Waals surface area contributed by atoms with Gasteiger partial charge in [-0.1, -0.05) is 29.8 Å². The average Bonchev–Trinajstić information content (AvgIpc) is 2.78. The van der Waals surface area contributed by atoms with Gasteiger partial charge in [-0.3, -0.25) is 9.59 Å². The number of carbonyl (C=O) groups excluding carboxylic acids is 2. The highest BCUT2D eigenvalue weighted by molar-refractivity contribution is 6.35. The lowest BCUT2D eigenvalue weighted by Crippen LogP contribution is -2.38. The van der Waals surface area contributed by atoms with Gasteiger partial charge in [-0.15, -0.1) is 0 Å². The van der Waals surface area contributed by atoms with Crippen LogP contribution >= 0.6 is 11.6 Å². The monoisotopic (exact) mass is 457 g/mol. The highest BCUT2D eigenvalue weighted by Gasteiger charge is 2.36. The van der Waals surface area contributed by atoms with Gasteiger partial charge in [0.25, 0.3) is 0 Å². The van der Waals surface area contributed by atoms with E-state index < -0.39 is 29.7 Å². The standard InChI is InChI=1S/C24H18ClF2NO4/c1-31-14-8-6-13(7-9-14)12-28-20(30)11-18(29)15-10-16(25)21(23(27)24(15)28)22-17(26)4-3-5-19(22)32-2/h3-10H,11-12H2,1-2H3. The maximum atomic E-state index is 15.9. The summed E-state index contributed by atoms with van der Waals surface area (Å²) < 4.78 is 41.0. The summed E-state index contributed by atoms with van der Waals surface area (Å²) in [6, 6.07) is 12.2. The van der Waals surface area contributed by atoms with E-state index in [0.717, 1.165) is 6.07 Å². The molecule has 0 atom stereocenters. The first-order chi connectivity index (χ1) is 15.3. The molecule has 164 valence electrons. The van der Waals surface area contributed by atoms with E-state index in [9.17, 15) is 14.0 Å². The molecule has 0 aromatic heterocycles. The van der Waals surface area contributed by atoms with Gasteiger partial charge in [-0.25, -0.2) is 8.78 Å². The van der Waals surface area contributed by atoms with Crippen molar-refractivity contribution < 1.29 is 27.8 Å². The third-order valence-electron chi connectivity index (χ3n) is 5.32. The number of hydrogen-bond acceptors (Lipinski definition) is 4. The fourth-order valence-corrected chi connectivity index (χ4v) is 4.05. The second-order valence-corrected chi connectivity index (χ2v) is 7.60. The third-order valence-corrected chi connectivity index (χ3v) is 5.62. The van der Waals surface area contributed by atoms with Gasteiger partial charge in [0.15, 0.2) is 11.6 Å². The van der Waals surface area contributed by atoms with Gasteiger partial charge in [0, 0.05) is 11.1 Å². The number of amides is 1. The zero-order valence-corrected chi connectivity index (χ0v) is 18.0. The maximum Gasteiger partial charge on any atom is 0.235 e. The quantitative estimate of drug-likeness (QED) is 0.480.